The molecule has 5 heteroatoms. The van der Waals surface area contributed by atoms with Crippen LogP contribution in [0.15, 0.2) is 10.7 Å². The van der Waals surface area contributed by atoms with E-state index in [9.17, 15) is 8.78 Å². The average Bonchev–Trinajstić information content (AvgIpc) is 1.93. The van der Waals surface area contributed by atoms with Crippen molar-refractivity contribution in [2.75, 3.05) is 5.73 Å². The van der Waals surface area contributed by atoms with Crippen molar-refractivity contribution in [3.05, 3.63) is 22.3 Å². The SMILES string of the molecule is Nc1ncc(Br)c(F)c1F. The maximum Gasteiger partial charge on any atom is 0.201 e. The van der Waals surface area contributed by atoms with Gasteiger partial charge in [-0.05, 0) is 15.9 Å². The average molecular weight is 209 g/mol. The molecule has 1 rings (SSSR count). The number of anilines is 1. The van der Waals surface area contributed by atoms with Gasteiger partial charge >= 0.3 is 0 Å². The molecule has 0 fully saturated rings. The van der Waals surface area contributed by atoms with Crippen molar-refractivity contribution < 1.29 is 8.78 Å². The van der Waals surface area contributed by atoms with Crippen molar-refractivity contribution in [3.63, 3.8) is 0 Å². The molecule has 0 radical (unpaired) electrons. The van der Waals surface area contributed by atoms with E-state index in [1.165, 1.54) is 0 Å². The van der Waals surface area contributed by atoms with Gasteiger partial charge in [-0.25, -0.2) is 9.37 Å². The Hall–Kier alpha value is -0.710. The second kappa shape index (κ2) is 2.49. The molecule has 1 aromatic heterocycles. The molecule has 0 aromatic carbocycles. The molecule has 0 saturated carbocycles. The normalized spacial score (nSPS) is 9.90. The van der Waals surface area contributed by atoms with Crippen LogP contribution >= 0.6 is 15.9 Å². The highest BCUT2D eigenvalue weighted by atomic mass is 79.9. The number of rotatable bonds is 0. The van der Waals surface area contributed by atoms with Gasteiger partial charge in [-0.1, -0.05) is 0 Å². The molecule has 0 aliphatic carbocycles. The van der Waals surface area contributed by atoms with Crippen molar-refractivity contribution in [3.8, 4) is 0 Å². The van der Waals surface area contributed by atoms with E-state index in [0.717, 1.165) is 6.20 Å². The summed E-state index contributed by atoms with van der Waals surface area (Å²) in [6, 6.07) is 0. The third-order valence-corrected chi connectivity index (χ3v) is 1.50. The van der Waals surface area contributed by atoms with Crippen LogP contribution in [0.2, 0.25) is 0 Å². The summed E-state index contributed by atoms with van der Waals surface area (Å²) in [6.07, 6.45) is 1.10. The van der Waals surface area contributed by atoms with Gasteiger partial charge in [0.1, 0.15) is 0 Å². The fraction of sp³-hybridized carbons (Fsp3) is 0. The van der Waals surface area contributed by atoms with E-state index in [-0.39, 0.29) is 4.47 Å². The highest BCUT2D eigenvalue weighted by Crippen LogP contribution is 2.19. The highest BCUT2D eigenvalue weighted by Gasteiger charge is 2.09. The Bertz CT molecular complexity index is 237. The van der Waals surface area contributed by atoms with Crippen LogP contribution in [-0.4, -0.2) is 4.98 Å². The molecular weight excluding hydrogens is 206 g/mol. The van der Waals surface area contributed by atoms with Gasteiger partial charge in [0.05, 0.1) is 4.47 Å². The van der Waals surface area contributed by atoms with Gasteiger partial charge in [-0.15, -0.1) is 0 Å². The molecule has 0 amide bonds. The number of hydrogen-bond acceptors (Lipinski definition) is 2. The van der Waals surface area contributed by atoms with Crippen LogP contribution in [0, 0.1) is 11.6 Å². The van der Waals surface area contributed by atoms with Crippen LogP contribution in [-0.2, 0) is 0 Å². The Morgan fingerprint density at radius 3 is 2.50 bits per heavy atom. The van der Waals surface area contributed by atoms with Crippen LogP contribution in [0.3, 0.4) is 0 Å². The molecule has 0 aliphatic rings. The topological polar surface area (TPSA) is 38.9 Å². The van der Waals surface area contributed by atoms with E-state index >= 15 is 0 Å². The summed E-state index contributed by atoms with van der Waals surface area (Å²) in [5.41, 5.74) is 4.94. The molecule has 54 valence electrons. The minimum atomic E-state index is -1.12. The Morgan fingerprint density at radius 2 is 2.00 bits per heavy atom. The number of nitrogens with zero attached hydrogens (tertiary/aromatic N) is 1. The molecular formula is C5H3BrF2N2. The van der Waals surface area contributed by atoms with Crippen molar-refractivity contribution >= 4 is 21.7 Å². The quantitative estimate of drug-likeness (QED) is 0.706. The first kappa shape index (κ1) is 7.40. The number of hydrogen-bond donors (Lipinski definition) is 1. The number of aromatic nitrogens is 1. The Labute approximate surface area is 64.2 Å². The molecule has 0 unspecified atom stereocenters. The zero-order valence-corrected chi connectivity index (χ0v) is 6.32. The second-order valence-corrected chi connectivity index (χ2v) is 2.47. The third-order valence-electron chi connectivity index (χ3n) is 0.944. The summed E-state index contributed by atoms with van der Waals surface area (Å²) < 4.78 is 24.8. The fourth-order valence-electron chi connectivity index (χ4n) is 0.457. The molecule has 2 N–H and O–H groups in total. The van der Waals surface area contributed by atoms with E-state index in [1.807, 2.05) is 0 Å². The number of pyridine rings is 1. The van der Waals surface area contributed by atoms with Crippen molar-refractivity contribution in [2.24, 2.45) is 0 Å². The van der Waals surface area contributed by atoms with Crippen molar-refractivity contribution in [1.29, 1.82) is 0 Å². The van der Waals surface area contributed by atoms with Gasteiger partial charge in [-0.3, -0.25) is 0 Å². The summed E-state index contributed by atoms with van der Waals surface area (Å²) in [5.74, 6) is -2.55. The predicted octanol–water partition coefficient (Wildman–Crippen LogP) is 1.70. The number of nitrogens with two attached hydrogens (primary N) is 1. The van der Waals surface area contributed by atoms with Crippen LogP contribution in [0.4, 0.5) is 14.6 Å². The maximum atomic E-state index is 12.4. The molecule has 1 heterocycles. The molecule has 0 atom stereocenters. The van der Waals surface area contributed by atoms with E-state index in [1.54, 1.807) is 0 Å². The van der Waals surface area contributed by atoms with E-state index in [4.69, 9.17) is 5.73 Å². The summed E-state index contributed by atoms with van der Waals surface area (Å²) in [4.78, 5) is 3.35. The third kappa shape index (κ3) is 1.09. The summed E-state index contributed by atoms with van der Waals surface area (Å²) in [6.45, 7) is 0. The lowest BCUT2D eigenvalue weighted by atomic mass is 10.4. The lowest BCUT2D eigenvalue weighted by Crippen LogP contribution is -1.97. The Balaban J connectivity index is 3.34. The van der Waals surface area contributed by atoms with Gasteiger partial charge in [0.2, 0.25) is 5.82 Å². The van der Waals surface area contributed by atoms with Crippen LogP contribution in [0.25, 0.3) is 0 Å². The summed E-state index contributed by atoms with van der Waals surface area (Å²) in [5, 5.41) is 0. The monoisotopic (exact) mass is 208 g/mol. The molecule has 2 nitrogen and oxygen atoms in total. The van der Waals surface area contributed by atoms with Gasteiger partial charge in [0.15, 0.2) is 11.6 Å². The largest absolute Gasteiger partial charge is 0.381 e. The van der Waals surface area contributed by atoms with E-state index in [2.05, 4.69) is 20.9 Å². The minimum Gasteiger partial charge on any atom is -0.381 e. The zero-order valence-electron chi connectivity index (χ0n) is 4.74. The van der Waals surface area contributed by atoms with Crippen molar-refractivity contribution in [1.82, 2.24) is 4.98 Å². The lowest BCUT2D eigenvalue weighted by Gasteiger charge is -1.96. The van der Waals surface area contributed by atoms with Gasteiger partial charge in [-0.2, -0.15) is 4.39 Å². The molecule has 1 aromatic rings. The second-order valence-electron chi connectivity index (χ2n) is 1.62. The van der Waals surface area contributed by atoms with Gasteiger partial charge < -0.3 is 5.73 Å². The van der Waals surface area contributed by atoms with Crippen LogP contribution < -0.4 is 5.73 Å². The first-order valence-corrected chi connectivity index (χ1v) is 3.17. The molecule has 0 saturated heterocycles. The van der Waals surface area contributed by atoms with E-state index in [0.29, 0.717) is 0 Å². The van der Waals surface area contributed by atoms with Crippen LogP contribution in [0.5, 0.6) is 0 Å². The molecule has 0 aliphatic heterocycles. The van der Waals surface area contributed by atoms with Crippen molar-refractivity contribution in [2.45, 2.75) is 0 Å². The van der Waals surface area contributed by atoms with Gasteiger partial charge in [0, 0.05) is 6.20 Å². The minimum absolute atomic E-state index is 0.0285. The molecule has 10 heavy (non-hydrogen) atoms. The maximum absolute atomic E-state index is 12.4. The Morgan fingerprint density at radius 1 is 1.40 bits per heavy atom. The number of halogens is 3. The molecule has 0 spiro atoms. The highest BCUT2D eigenvalue weighted by molar-refractivity contribution is 9.10. The van der Waals surface area contributed by atoms with E-state index < -0.39 is 17.5 Å². The van der Waals surface area contributed by atoms with Crippen LogP contribution in [0.1, 0.15) is 0 Å². The van der Waals surface area contributed by atoms with Gasteiger partial charge in [0.25, 0.3) is 0 Å². The number of nitrogen functional groups attached to an aromatic ring is 1. The molecule has 0 bridgehead atoms. The smallest absolute Gasteiger partial charge is 0.201 e. The predicted molar refractivity (Wildman–Crippen MR) is 36.3 cm³/mol. The lowest BCUT2D eigenvalue weighted by molar-refractivity contribution is 0.503. The summed E-state index contributed by atoms with van der Waals surface area (Å²) in [7, 11) is 0. The first-order chi connectivity index (χ1) is 4.63. The standard InChI is InChI=1S/C5H3BrF2N2/c6-2-1-10-5(9)4(8)3(2)7/h1H,(H2,9,10). The fourth-order valence-corrected chi connectivity index (χ4v) is 0.733. The first-order valence-electron chi connectivity index (χ1n) is 2.38. The summed E-state index contributed by atoms with van der Waals surface area (Å²) >= 11 is 2.75. The Kier molecular flexibility index (Phi) is 1.85. The zero-order chi connectivity index (χ0) is 7.72.